The standard InChI is InChI=1S/C26H28N4O2/c1-5-30(6-2)24-16-22-21(27-25(28-22)18-11-13-20(32-4)14-12-18)15-23(24)29-26(31)19-9-7-17(3)8-10-19/h7-16H,5-6H2,1-4H3,(H,27,28)(H,29,31). The fraction of sp³-hybridized carbons (Fsp3) is 0.231. The molecule has 0 aliphatic heterocycles. The van der Waals surface area contributed by atoms with Crippen LogP contribution in [0.4, 0.5) is 11.4 Å². The van der Waals surface area contributed by atoms with Crippen LogP contribution in [-0.2, 0) is 0 Å². The predicted octanol–water partition coefficient (Wildman–Crippen LogP) is 5.65. The van der Waals surface area contributed by atoms with E-state index in [1.54, 1.807) is 7.11 Å². The Labute approximate surface area is 188 Å². The Balaban J connectivity index is 1.74. The molecule has 0 saturated carbocycles. The van der Waals surface area contributed by atoms with E-state index in [-0.39, 0.29) is 5.91 Å². The lowest BCUT2D eigenvalue weighted by Crippen LogP contribution is -2.24. The normalized spacial score (nSPS) is 10.9. The van der Waals surface area contributed by atoms with Crippen molar-refractivity contribution in [3.05, 3.63) is 71.8 Å². The van der Waals surface area contributed by atoms with Gasteiger partial charge < -0.3 is 19.9 Å². The largest absolute Gasteiger partial charge is 0.497 e. The molecule has 0 saturated heterocycles. The monoisotopic (exact) mass is 428 g/mol. The summed E-state index contributed by atoms with van der Waals surface area (Å²) in [4.78, 5) is 23.3. The van der Waals surface area contributed by atoms with Gasteiger partial charge in [0.2, 0.25) is 0 Å². The molecule has 4 aromatic rings. The number of fused-ring (bicyclic) bond motifs is 1. The van der Waals surface area contributed by atoms with Crippen LogP contribution in [0.5, 0.6) is 5.75 Å². The van der Waals surface area contributed by atoms with Crippen LogP contribution in [-0.4, -0.2) is 36.1 Å². The number of carbonyl (C=O) groups excluding carboxylic acids is 1. The predicted molar refractivity (Wildman–Crippen MR) is 131 cm³/mol. The van der Waals surface area contributed by atoms with Gasteiger partial charge in [-0.05, 0) is 69.3 Å². The first kappa shape index (κ1) is 21.4. The van der Waals surface area contributed by atoms with Crippen molar-refractivity contribution in [2.45, 2.75) is 20.8 Å². The number of hydrogen-bond donors (Lipinski definition) is 2. The Bertz CT molecular complexity index is 1220. The fourth-order valence-corrected chi connectivity index (χ4v) is 3.76. The Morgan fingerprint density at radius 2 is 1.72 bits per heavy atom. The van der Waals surface area contributed by atoms with Crippen LogP contribution in [0.15, 0.2) is 60.7 Å². The Morgan fingerprint density at radius 3 is 2.34 bits per heavy atom. The van der Waals surface area contributed by atoms with Gasteiger partial charge in [-0.2, -0.15) is 0 Å². The molecule has 0 aliphatic rings. The summed E-state index contributed by atoms with van der Waals surface area (Å²) in [5.41, 5.74) is 6.15. The van der Waals surface area contributed by atoms with Crippen LogP contribution in [0, 0.1) is 6.92 Å². The van der Waals surface area contributed by atoms with Crippen LogP contribution in [0.3, 0.4) is 0 Å². The van der Waals surface area contributed by atoms with Crippen molar-refractivity contribution >= 4 is 28.3 Å². The minimum Gasteiger partial charge on any atom is -0.497 e. The summed E-state index contributed by atoms with van der Waals surface area (Å²) >= 11 is 0. The van der Waals surface area contributed by atoms with Gasteiger partial charge in [-0.25, -0.2) is 4.98 Å². The third kappa shape index (κ3) is 4.30. The number of imidazole rings is 1. The molecule has 6 heteroatoms. The molecule has 164 valence electrons. The lowest BCUT2D eigenvalue weighted by Gasteiger charge is -2.24. The Hall–Kier alpha value is -3.80. The molecule has 0 radical (unpaired) electrons. The van der Waals surface area contributed by atoms with E-state index in [0.717, 1.165) is 58.2 Å². The number of hydrogen-bond acceptors (Lipinski definition) is 4. The molecule has 0 fully saturated rings. The third-order valence-corrected chi connectivity index (χ3v) is 5.63. The molecule has 2 N–H and O–H groups in total. The number of benzene rings is 3. The summed E-state index contributed by atoms with van der Waals surface area (Å²) in [5.74, 6) is 1.44. The van der Waals surface area contributed by atoms with Crippen LogP contribution in [0.1, 0.15) is 29.8 Å². The first-order chi connectivity index (χ1) is 15.5. The van der Waals surface area contributed by atoms with Crippen molar-refractivity contribution in [3.63, 3.8) is 0 Å². The van der Waals surface area contributed by atoms with Gasteiger partial charge in [0.15, 0.2) is 0 Å². The van der Waals surface area contributed by atoms with E-state index in [1.165, 1.54) is 0 Å². The SMILES string of the molecule is CCN(CC)c1cc2[nH]c(-c3ccc(OC)cc3)nc2cc1NC(=O)c1ccc(C)cc1. The number of H-pyrrole nitrogens is 1. The van der Waals surface area contributed by atoms with E-state index in [0.29, 0.717) is 5.56 Å². The maximum Gasteiger partial charge on any atom is 0.255 e. The van der Waals surface area contributed by atoms with Crippen LogP contribution in [0.25, 0.3) is 22.4 Å². The molecule has 32 heavy (non-hydrogen) atoms. The molecule has 0 aliphatic carbocycles. The van der Waals surface area contributed by atoms with Gasteiger partial charge in [0, 0.05) is 24.2 Å². The molecular formula is C26H28N4O2. The Morgan fingerprint density at radius 1 is 1.03 bits per heavy atom. The highest BCUT2D eigenvalue weighted by Crippen LogP contribution is 2.33. The minimum absolute atomic E-state index is 0.135. The van der Waals surface area contributed by atoms with E-state index in [2.05, 4.69) is 35.1 Å². The van der Waals surface area contributed by atoms with E-state index in [1.807, 2.05) is 61.5 Å². The molecule has 0 bridgehead atoms. The second-order valence-electron chi connectivity index (χ2n) is 7.69. The number of amides is 1. The molecule has 0 spiro atoms. The molecular weight excluding hydrogens is 400 g/mol. The number of methoxy groups -OCH3 is 1. The van der Waals surface area contributed by atoms with Crippen LogP contribution >= 0.6 is 0 Å². The quantitative estimate of drug-likeness (QED) is 0.399. The molecule has 6 nitrogen and oxygen atoms in total. The number of carbonyl (C=O) groups is 1. The third-order valence-electron chi connectivity index (χ3n) is 5.63. The van der Waals surface area contributed by atoms with E-state index >= 15 is 0 Å². The van der Waals surface area contributed by atoms with Crippen molar-refractivity contribution in [2.75, 3.05) is 30.4 Å². The van der Waals surface area contributed by atoms with Gasteiger partial charge in [0.05, 0.1) is 29.5 Å². The second-order valence-corrected chi connectivity index (χ2v) is 7.69. The van der Waals surface area contributed by atoms with Crippen molar-refractivity contribution < 1.29 is 9.53 Å². The fourth-order valence-electron chi connectivity index (χ4n) is 3.76. The zero-order valence-electron chi connectivity index (χ0n) is 18.9. The number of anilines is 2. The highest BCUT2D eigenvalue weighted by molar-refractivity contribution is 6.07. The molecule has 4 rings (SSSR count). The maximum absolute atomic E-state index is 12.9. The van der Waals surface area contributed by atoms with Gasteiger partial charge in [-0.3, -0.25) is 4.79 Å². The van der Waals surface area contributed by atoms with Gasteiger partial charge in [0.1, 0.15) is 11.6 Å². The molecule has 1 aromatic heterocycles. The summed E-state index contributed by atoms with van der Waals surface area (Å²) in [6, 6.07) is 19.4. The average Bonchev–Trinajstić information content (AvgIpc) is 3.23. The zero-order valence-corrected chi connectivity index (χ0v) is 18.9. The van der Waals surface area contributed by atoms with Crippen molar-refractivity contribution in [3.8, 4) is 17.1 Å². The Kier molecular flexibility index (Phi) is 6.12. The van der Waals surface area contributed by atoms with Gasteiger partial charge in [-0.15, -0.1) is 0 Å². The van der Waals surface area contributed by atoms with Crippen molar-refractivity contribution in [1.29, 1.82) is 0 Å². The highest BCUT2D eigenvalue weighted by Gasteiger charge is 2.16. The van der Waals surface area contributed by atoms with Crippen molar-refractivity contribution in [1.82, 2.24) is 9.97 Å². The maximum atomic E-state index is 12.9. The summed E-state index contributed by atoms with van der Waals surface area (Å²) < 4.78 is 5.25. The van der Waals surface area contributed by atoms with Gasteiger partial charge >= 0.3 is 0 Å². The summed E-state index contributed by atoms with van der Waals surface area (Å²) in [6.45, 7) is 7.87. The number of aromatic amines is 1. The lowest BCUT2D eigenvalue weighted by atomic mass is 10.1. The van der Waals surface area contributed by atoms with Gasteiger partial charge in [-0.1, -0.05) is 17.7 Å². The number of aromatic nitrogens is 2. The van der Waals surface area contributed by atoms with E-state index < -0.39 is 0 Å². The molecule has 0 unspecified atom stereocenters. The summed E-state index contributed by atoms with van der Waals surface area (Å²) in [5, 5.41) is 3.10. The molecule has 1 heterocycles. The minimum atomic E-state index is -0.135. The average molecular weight is 429 g/mol. The van der Waals surface area contributed by atoms with Crippen LogP contribution in [0.2, 0.25) is 0 Å². The topological polar surface area (TPSA) is 70.2 Å². The first-order valence-corrected chi connectivity index (χ1v) is 10.8. The number of aryl methyl sites for hydroxylation is 1. The number of nitrogens with zero attached hydrogens (tertiary/aromatic N) is 2. The number of nitrogens with one attached hydrogen (secondary N) is 2. The molecule has 3 aromatic carbocycles. The smallest absolute Gasteiger partial charge is 0.255 e. The molecule has 0 atom stereocenters. The summed E-state index contributed by atoms with van der Waals surface area (Å²) in [7, 11) is 1.65. The first-order valence-electron chi connectivity index (χ1n) is 10.8. The highest BCUT2D eigenvalue weighted by atomic mass is 16.5. The lowest BCUT2D eigenvalue weighted by molar-refractivity contribution is 0.102. The second kappa shape index (κ2) is 9.14. The summed E-state index contributed by atoms with van der Waals surface area (Å²) in [6.07, 6.45) is 0. The van der Waals surface area contributed by atoms with Crippen LogP contribution < -0.4 is 15.0 Å². The number of ether oxygens (including phenoxy) is 1. The van der Waals surface area contributed by atoms with Gasteiger partial charge in [0.25, 0.3) is 5.91 Å². The number of rotatable bonds is 7. The van der Waals surface area contributed by atoms with Crippen molar-refractivity contribution in [2.24, 2.45) is 0 Å². The molecule has 1 amide bonds. The van der Waals surface area contributed by atoms with E-state index in [9.17, 15) is 4.79 Å². The zero-order chi connectivity index (χ0) is 22.7. The van der Waals surface area contributed by atoms with E-state index in [4.69, 9.17) is 9.72 Å².